The van der Waals surface area contributed by atoms with E-state index in [2.05, 4.69) is 4.98 Å². The van der Waals surface area contributed by atoms with Gasteiger partial charge in [-0.3, -0.25) is 4.79 Å². The average Bonchev–Trinajstić information content (AvgIpc) is 2.90. The quantitative estimate of drug-likeness (QED) is 0.887. The van der Waals surface area contributed by atoms with Gasteiger partial charge in [-0.1, -0.05) is 23.7 Å². The molecule has 5 nitrogen and oxygen atoms in total. The maximum Gasteiger partial charge on any atom is 0.326 e. The average molecular weight is 312 g/mol. The third-order valence-corrected chi connectivity index (χ3v) is 3.98. The molecule has 20 heavy (non-hydrogen) atoms. The minimum atomic E-state index is -1.08. The molecule has 1 aromatic heterocycles. The summed E-state index contributed by atoms with van der Waals surface area (Å²) >= 11 is 7.21. The van der Waals surface area contributed by atoms with Crippen molar-refractivity contribution in [3.8, 4) is 0 Å². The molecule has 0 amide bonds. The molecule has 1 atom stereocenters. The van der Waals surface area contributed by atoms with Gasteiger partial charge in [0, 0.05) is 24.0 Å². The summed E-state index contributed by atoms with van der Waals surface area (Å²) in [5.74, 6) is -1.08. The maximum atomic E-state index is 10.8. The number of thiazole rings is 1. The van der Waals surface area contributed by atoms with E-state index in [0.29, 0.717) is 17.3 Å². The van der Waals surface area contributed by atoms with Crippen LogP contribution < -0.4 is 10.6 Å². The largest absolute Gasteiger partial charge is 0.480 e. The van der Waals surface area contributed by atoms with Crippen molar-refractivity contribution in [2.45, 2.75) is 12.6 Å². The zero-order chi connectivity index (χ0) is 14.7. The zero-order valence-electron chi connectivity index (χ0n) is 10.8. The Morgan fingerprint density at radius 3 is 2.75 bits per heavy atom. The molecule has 1 unspecified atom stereocenters. The van der Waals surface area contributed by atoms with E-state index in [1.807, 2.05) is 36.2 Å². The Hall–Kier alpha value is -1.63. The predicted molar refractivity (Wildman–Crippen MR) is 80.2 cm³/mol. The summed E-state index contributed by atoms with van der Waals surface area (Å²) in [6.07, 6.45) is 0. The van der Waals surface area contributed by atoms with E-state index in [-0.39, 0.29) is 0 Å². The van der Waals surface area contributed by atoms with Crippen LogP contribution in [-0.2, 0) is 11.3 Å². The lowest BCUT2D eigenvalue weighted by atomic mass is 10.2. The summed E-state index contributed by atoms with van der Waals surface area (Å²) in [5.41, 5.74) is 7.00. The molecule has 2 aromatic rings. The molecule has 0 saturated heterocycles. The molecule has 1 aromatic carbocycles. The summed E-state index contributed by atoms with van der Waals surface area (Å²) < 4.78 is 0. The van der Waals surface area contributed by atoms with E-state index in [1.165, 1.54) is 11.3 Å². The van der Waals surface area contributed by atoms with Crippen LogP contribution in [0.15, 0.2) is 29.6 Å². The van der Waals surface area contributed by atoms with E-state index < -0.39 is 12.0 Å². The molecule has 0 aliphatic carbocycles. The van der Waals surface area contributed by atoms with Crippen molar-refractivity contribution in [3.63, 3.8) is 0 Å². The van der Waals surface area contributed by atoms with Gasteiger partial charge in [-0.05, 0) is 17.7 Å². The second-order valence-corrected chi connectivity index (χ2v) is 5.63. The number of nitrogens with two attached hydrogens (primary N) is 1. The molecule has 2 rings (SSSR count). The Kier molecular flexibility index (Phi) is 4.59. The fourth-order valence-electron chi connectivity index (χ4n) is 1.65. The zero-order valence-corrected chi connectivity index (χ0v) is 12.4. The molecular weight excluding hydrogens is 298 g/mol. The van der Waals surface area contributed by atoms with Gasteiger partial charge < -0.3 is 15.7 Å². The van der Waals surface area contributed by atoms with E-state index >= 15 is 0 Å². The molecule has 0 saturated carbocycles. The van der Waals surface area contributed by atoms with Crippen molar-refractivity contribution in [2.24, 2.45) is 5.73 Å². The first kappa shape index (κ1) is 14.8. The van der Waals surface area contributed by atoms with Crippen LogP contribution in [0.3, 0.4) is 0 Å². The molecule has 1 heterocycles. The number of anilines is 1. The second-order valence-electron chi connectivity index (χ2n) is 4.35. The summed E-state index contributed by atoms with van der Waals surface area (Å²) in [4.78, 5) is 17.0. The van der Waals surface area contributed by atoms with Crippen molar-refractivity contribution in [1.29, 1.82) is 0 Å². The molecule has 0 fully saturated rings. The topological polar surface area (TPSA) is 79.5 Å². The standard InChI is InChI=1S/C13H14ClN3O2S/c1-17(6-8-2-4-9(14)5-3-8)13-16-10(7-20-13)11(15)12(18)19/h2-5,7,11H,6,15H2,1H3,(H,18,19). The number of hydrogen-bond acceptors (Lipinski definition) is 5. The van der Waals surface area contributed by atoms with Crippen LogP contribution in [0.2, 0.25) is 5.02 Å². The SMILES string of the molecule is CN(Cc1ccc(Cl)cc1)c1nc(C(N)C(=O)O)cs1. The second kappa shape index (κ2) is 6.21. The van der Waals surface area contributed by atoms with Crippen molar-refractivity contribution in [2.75, 3.05) is 11.9 Å². The summed E-state index contributed by atoms with van der Waals surface area (Å²) in [6.45, 7) is 0.659. The molecule has 0 aliphatic rings. The lowest BCUT2D eigenvalue weighted by Gasteiger charge is -2.15. The first-order valence-electron chi connectivity index (χ1n) is 5.87. The molecule has 7 heteroatoms. The van der Waals surface area contributed by atoms with Crippen LogP contribution in [0.4, 0.5) is 5.13 Å². The number of nitrogens with zero attached hydrogens (tertiary/aromatic N) is 2. The smallest absolute Gasteiger partial charge is 0.326 e. The van der Waals surface area contributed by atoms with Gasteiger partial charge in [-0.25, -0.2) is 4.98 Å². The third-order valence-electron chi connectivity index (χ3n) is 2.75. The van der Waals surface area contributed by atoms with E-state index in [9.17, 15) is 4.79 Å². The van der Waals surface area contributed by atoms with Gasteiger partial charge >= 0.3 is 5.97 Å². The molecule has 0 spiro atoms. The van der Waals surface area contributed by atoms with Crippen LogP contribution in [0.25, 0.3) is 0 Å². The fraction of sp³-hybridized carbons (Fsp3) is 0.231. The molecule has 0 radical (unpaired) electrons. The van der Waals surface area contributed by atoms with Crippen molar-refractivity contribution in [1.82, 2.24) is 4.98 Å². The van der Waals surface area contributed by atoms with Gasteiger partial charge in [0.15, 0.2) is 5.13 Å². The van der Waals surface area contributed by atoms with E-state index in [4.69, 9.17) is 22.4 Å². The Bertz CT molecular complexity index is 600. The summed E-state index contributed by atoms with van der Waals surface area (Å²) in [5, 5.41) is 12.0. The number of carboxylic acid groups (broad SMARTS) is 1. The predicted octanol–water partition coefficient (Wildman–Crippen LogP) is 2.52. The third kappa shape index (κ3) is 3.47. The lowest BCUT2D eigenvalue weighted by Crippen LogP contribution is -2.21. The molecule has 3 N–H and O–H groups in total. The van der Waals surface area contributed by atoms with Gasteiger partial charge in [0.25, 0.3) is 0 Å². The number of aromatic nitrogens is 1. The van der Waals surface area contributed by atoms with E-state index in [1.54, 1.807) is 5.38 Å². The molecule has 0 bridgehead atoms. The minimum absolute atomic E-state index is 0.375. The monoisotopic (exact) mass is 311 g/mol. The first-order chi connectivity index (χ1) is 9.47. The number of benzene rings is 1. The summed E-state index contributed by atoms with van der Waals surface area (Å²) in [6, 6.07) is 6.47. The highest BCUT2D eigenvalue weighted by Gasteiger charge is 2.18. The normalized spacial score (nSPS) is 12.2. The minimum Gasteiger partial charge on any atom is -0.480 e. The number of hydrogen-bond donors (Lipinski definition) is 2. The number of rotatable bonds is 5. The Morgan fingerprint density at radius 1 is 1.50 bits per heavy atom. The van der Waals surface area contributed by atoms with E-state index in [0.717, 1.165) is 10.7 Å². The molecule has 106 valence electrons. The molecule has 0 aliphatic heterocycles. The number of aliphatic carboxylic acids is 1. The highest BCUT2D eigenvalue weighted by atomic mass is 35.5. The van der Waals surface area contributed by atoms with Crippen LogP contribution in [0.1, 0.15) is 17.3 Å². The van der Waals surface area contributed by atoms with Gasteiger partial charge in [-0.15, -0.1) is 11.3 Å². The maximum absolute atomic E-state index is 10.8. The van der Waals surface area contributed by atoms with Gasteiger partial charge in [0.1, 0.15) is 6.04 Å². The van der Waals surface area contributed by atoms with Crippen LogP contribution >= 0.6 is 22.9 Å². The fourth-order valence-corrected chi connectivity index (χ4v) is 2.61. The summed E-state index contributed by atoms with van der Waals surface area (Å²) in [7, 11) is 1.89. The van der Waals surface area contributed by atoms with Crippen LogP contribution in [0.5, 0.6) is 0 Å². The van der Waals surface area contributed by atoms with Gasteiger partial charge in [-0.2, -0.15) is 0 Å². The molecular formula is C13H14ClN3O2S. The Balaban J connectivity index is 2.08. The Morgan fingerprint density at radius 2 is 2.15 bits per heavy atom. The number of halogens is 1. The van der Waals surface area contributed by atoms with Gasteiger partial charge in [0.05, 0.1) is 5.69 Å². The van der Waals surface area contributed by atoms with Gasteiger partial charge in [0.2, 0.25) is 0 Å². The lowest BCUT2D eigenvalue weighted by molar-refractivity contribution is -0.138. The van der Waals surface area contributed by atoms with Crippen molar-refractivity contribution >= 4 is 34.0 Å². The number of carboxylic acids is 1. The van der Waals surface area contributed by atoms with Crippen molar-refractivity contribution in [3.05, 3.63) is 45.9 Å². The first-order valence-corrected chi connectivity index (χ1v) is 7.12. The highest BCUT2D eigenvalue weighted by Crippen LogP contribution is 2.24. The number of carbonyl (C=O) groups is 1. The highest BCUT2D eigenvalue weighted by molar-refractivity contribution is 7.13. The van der Waals surface area contributed by atoms with Crippen LogP contribution in [-0.4, -0.2) is 23.1 Å². The van der Waals surface area contributed by atoms with Crippen LogP contribution in [0, 0.1) is 0 Å². The van der Waals surface area contributed by atoms with Crippen molar-refractivity contribution < 1.29 is 9.90 Å². The Labute approximate surface area is 125 Å².